The number of hydrogen-bond donors (Lipinski definition) is 3. The molecule has 110 valence electrons. The van der Waals surface area contributed by atoms with E-state index in [0.717, 1.165) is 11.8 Å². The highest BCUT2D eigenvalue weighted by Gasteiger charge is 2.31. The number of benzene rings is 1. The number of aliphatic carboxylic acids is 1. The van der Waals surface area contributed by atoms with E-state index in [-0.39, 0.29) is 12.5 Å². The topological polar surface area (TPSA) is 86.6 Å². The van der Waals surface area contributed by atoms with Crippen molar-refractivity contribution in [3.05, 3.63) is 29.3 Å². The summed E-state index contributed by atoms with van der Waals surface area (Å²) in [4.78, 5) is 23.3. The molecule has 0 fully saturated rings. The third kappa shape index (κ3) is 4.70. The number of aliphatic hydroxyl groups is 1. The summed E-state index contributed by atoms with van der Waals surface area (Å²) < 4.78 is 0. The highest BCUT2D eigenvalue weighted by molar-refractivity contribution is 8.00. The Balaban J connectivity index is 2.56. The summed E-state index contributed by atoms with van der Waals surface area (Å²) in [5, 5.41) is 20.8. The maximum atomic E-state index is 11.8. The van der Waals surface area contributed by atoms with Crippen LogP contribution in [0.1, 0.15) is 13.8 Å². The minimum absolute atomic E-state index is 0.353. The summed E-state index contributed by atoms with van der Waals surface area (Å²) in [5.41, 5.74) is -1.98. The molecule has 2 atom stereocenters. The summed E-state index contributed by atoms with van der Waals surface area (Å²) in [5.74, 6) is -1.75. The summed E-state index contributed by atoms with van der Waals surface area (Å²) in [6, 6.07) is 7.13. The van der Waals surface area contributed by atoms with Crippen LogP contribution in [0.25, 0.3) is 0 Å². The van der Waals surface area contributed by atoms with Crippen LogP contribution in [-0.4, -0.2) is 39.5 Å². The van der Waals surface area contributed by atoms with Gasteiger partial charge in [-0.05, 0) is 26.0 Å². The normalized spacial score (nSPS) is 15.2. The van der Waals surface area contributed by atoms with E-state index in [1.807, 2.05) is 6.07 Å². The van der Waals surface area contributed by atoms with E-state index < -0.39 is 16.8 Å². The van der Waals surface area contributed by atoms with Crippen LogP contribution in [0.4, 0.5) is 0 Å². The lowest BCUT2D eigenvalue weighted by Gasteiger charge is -2.20. The summed E-state index contributed by atoms with van der Waals surface area (Å²) in [6.07, 6.45) is 0. The number of carbonyl (C=O) groups excluding carboxylic acids is 1. The predicted octanol–water partition coefficient (Wildman–Crippen LogP) is 1.77. The van der Waals surface area contributed by atoms with Gasteiger partial charge in [0.05, 0.1) is 16.8 Å². The van der Waals surface area contributed by atoms with Crippen molar-refractivity contribution in [2.75, 3.05) is 6.54 Å². The molecule has 0 aliphatic rings. The Kier molecular flexibility index (Phi) is 5.86. The van der Waals surface area contributed by atoms with Crippen molar-refractivity contribution in [3.8, 4) is 0 Å². The van der Waals surface area contributed by atoms with E-state index in [1.54, 1.807) is 25.1 Å². The second-order valence-corrected chi connectivity index (χ2v) is 6.28. The fourth-order valence-electron chi connectivity index (χ4n) is 1.26. The van der Waals surface area contributed by atoms with Crippen molar-refractivity contribution >= 4 is 35.2 Å². The zero-order valence-corrected chi connectivity index (χ0v) is 12.7. The molecule has 0 aliphatic carbocycles. The first kappa shape index (κ1) is 16.8. The van der Waals surface area contributed by atoms with Gasteiger partial charge in [0.2, 0.25) is 5.91 Å². The summed E-state index contributed by atoms with van der Waals surface area (Å²) in [7, 11) is 0. The molecular formula is C13H16ClNO4S. The van der Waals surface area contributed by atoms with Gasteiger partial charge in [0.25, 0.3) is 0 Å². The van der Waals surface area contributed by atoms with Crippen molar-refractivity contribution < 1.29 is 19.8 Å². The molecule has 3 N–H and O–H groups in total. The van der Waals surface area contributed by atoms with Gasteiger partial charge in [-0.2, -0.15) is 0 Å². The van der Waals surface area contributed by atoms with Crippen LogP contribution < -0.4 is 5.32 Å². The maximum absolute atomic E-state index is 11.8. The van der Waals surface area contributed by atoms with E-state index in [0.29, 0.717) is 5.02 Å². The van der Waals surface area contributed by atoms with Crippen LogP contribution >= 0.6 is 23.4 Å². The summed E-state index contributed by atoms with van der Waals surface area (Å²) in [6.45, 7) is 2.45. The second-order valence-electron chi connectivity index (χ2n) is 4.49. The molecule has 7 heteroatoms. The lowest BCUT2D eigenvalue weighted by Crippen LogP contribution is -2.48. The summed E-state index contributed by atoms with van der Waals surface area (Å²) >= 11 is 7.26. The largest absolute Gasteiger partial charge is 0.479 e. The van der Waals surface area contributed by atoms with Crippen molar-refractivity contribution in [1.82, 2.24) is 5.32 Å². The smallest absolute Gasteiger partial charge is 0.337 e. The lowest BCUT2D eigenvalue weighted by molar-refractivity contribution is -0.156. The molecule has 0 aliphatic heterocycles. The number of nitrogens with one attached hydrogen (secondary N) is 1. The molecule has 1 aromatic rings. The van der Waals surface area contributed by atoms with Gasteiger partial charge in [-0.1, -0.05) is 23.7 Å². The third-order valence-corrected chi connectivity index (χ3v) is 4.20. The number of carboxylic acids is 1. The quantitative estimate of drug-likeness (QED) is 0.696. The Morgan fingerprint density at radius 3 is 2.60 bits per heavy atom. The van der Waals surface area contributed by atoms with Crippen LogP contribution in [0.3, 0.4) is 0 Å². The second kappa shape index (κ2) is 6.97. The molecule has 5 nitrogen and oxygen atoms in total. The van der Waals surface area contributed by atoms with Crippen molar-refractivity contribution in [2.24, 2.45) is 0 Å². The molecule has 1 aromatic carbocycles. The van der Waals surface area contributed by atoms with Gasteiger partial charge in [-0.3, -0.25) is 4.79 Å². The number of carbonyl (C=O) groups is 2. The van der Waals surface area contributed by atoms with E-state index in [2.05, 4.69) is 5.32 Å². The van der Waals surface area contributed by atoms with Crippen molar-refractivity contribution in [1.29, 1.82) is 0 Å². The molecule has 20 heavy (non-hydrogen) atoms. The van der Waals surface area contributed by atoms with Crippen LogP contribution in [0.5, 0.6) is 0 Å². The van der Waals surface area contributed by atoms with Crippen molar-refractivity contribution in [3.63, 3.8) is 0 Å². The Hall–Kier alpha value is -1.24. The van der Waals surface area contributed by atoms with E-state index in [9.17, 15) is 14.7 Å². The molecule has 0 saturated carbocycles. The number of carboxylic acid groups (broad SMARTS) is 1. The zero-order valence-electron chi connectivity index (χ0n) is 11.1. The highest BCUT2D eigenvalue weighted by Crippen LogP contribution is 2.29. The fourth-order valence-corrected chi connectivity index (χ4v) is 2.44. The SMILES string of the molecule is CC(Sc1ccccc1Cl)C(=O)NCC(C)(O)C(=O)O. The first-order chi connectivity index (χ1) is 9.24. The number of rotatable bonds is 6. The van der Waals surface area contributed by atoms with Crippen LogP contribution in [0.2, 0.25) is 5.02 Å². The average Bonchev–Trinajstić information content (AvgIpc) is 2.38. The Morgan fingerprint density at radius 1 is 1.45 bits per heavy atom. The molecular weight excluding hydrogens is 302 g/mol. The van der Waals surface area contributed by atoms with Gasteiger partial charge < -0.3 is 15.5 Å². The maximum Gasteiger partial charge on any atom is 0.337 e. The fraction of sp³-hybridized carbons (Fsp3) is 0.385. The standard InChI is InChI=1S/C13H16ClNO4S/c1-8(20-10-6-4-3-5-9(10)14)11(16)15-7-13(2,19)12(17)18/h3-6,8,19H,7H2,1-2H3,(H,15,16)(H,17,18). The van der Waals surface area contributed by atoms with Crippen LogP contribution in [0, 0.1) is 0 Å². The van der Waals surface area contributed by atoms with Gasteiger partial charge in [-0.15, -0.1) is 11.8 Å². The Morgan fingerprint density at radius 2 is 2.05 bits per heavy atom. The van der Waals surface area contributed by atoms with Gasteiger partial charge in [0.15, 0.2) is 5.60 Å². The molecule has 1 amide bonds. The van der Waals surface area contributed by atoms with Gasteiger partial charge in [0.1, 0.15) is 0 Å². The molecule has 0 heterocycles. The Labute approximate surface area is 126 Å². The third-order valence-electron chi connectivity index (χ3n) is 2.58. The number of thioether (sulfide) groups is 1. The van der Waals surface area contributed by atoms with Crippen molar-refractivity contribution in [2.45, 2.75) is 29.6 Å². The Bertz CT molecular complexity index is 507. The average molecular weight is 318 g/mol. The van der Waals surface area contributed by atoms with Crippen LogP contribution in [0.15, 0.2) is 29.2 Å². The van der Waals surface area contributed by atoms with E-state index >= 15 is 0 Å². The molecule has 0 radical (unpaired) electrons. The lowest BCUT2D eigenvalue weighted by atomic mass is 10.1. The highest BCUT2D eigenvalue weighted by atomic mass is 35.5. The molecule has 2 unspecified atom stereocenters. The first-order valence-corrected chi connectivity index (χ1v) is 7.14. The number of halogens is 1. The van der Waals surface area contributed by atoms with Gasteiger partial charge in [-0.25, -0.2) is 4.79 Å². The van der Waals surface area contributed by atoms with Crippen LogP contribution in [-0.2, 0) is 9.59 Å². The number of amides is 1. The minimum Gasteiger partial charge on any atom is -0.479 e. The van der Waals surface area contributed by atoms with E-state index in [1.165, 1.54) is 11.8 Å². The predicted molar refractivity (Wildman–Crippen MR) is 78.0 cm³/mol. The molecule has 1 rings (SSSR count). The number of hydrogen-bond acceptors (Lipinski definition) is 4. The molecule has 0 bridgehead atoms. The molecule has 0 spiro atoms. The minimum atomic E-state index is -1.98. The van der Waals surface area contributed by atoms with Gasteiger partial charge in [0, 0.05) is 4.90 Å². The van der Waals surface area contributed by atoms with E-state index in [4.69, 9.17) is 16.7 Å². The molecule has 0 saturated heterocycles. The first-order valence-electron chi connectivity index (χ1n) is 5.88. The zero-order chi connectivity index (χ0) is 15.3. The monoisotopic (exact) mass is 317 g/mol. The van der Waals surface area contributed by atoms with Gasteiger partial charge >= 0.3 is 5.97 Å². The molecule has 0 aromatic heterocycles.